The third kappa shape index (κ3) is 4.15. The number of benzene rings is 2. The Bertz CT molecular complexity index is 745. The van der Waals surface area contributed by atoms with Gasteiger partial charge in [-0.25, -0.2) is 4.98 Å². The SMILES string of the molecule is Clc1ccc(OCCCSc2ccc3ccccc3n2)cc1. The fourth-order valence-electron chi connectivity index (χ4n) is 2.08. The second kappa shape index (κ2) is 7.52. The highest BCUT2D eigenvalue weighted by Crippen LogP contribution is 2.21. The Morgan fingerprint density at radius 3 is 2.64 bits per heavy atom. The second-order valence-corrected chi connectivity index (χ2v) is 6.40. The Kier molecular flexibility index (Phi) is 5.20. The van der Waals surface area contributed by atoms with Crippen LogP contribution in [0.25, 0.3) is 10.9 Å². The average molecular weight is 330 g/mol. The van der Waals surface area contributed by atoms with Gasteiger partial charge in [0.25, 0.3) is 0 Å². The van der Waals surface area contributed by atoms with E-state index in [-0.39, 0.29) is 0 Å². The van der Waals surface area contributed by atoms with Crippen LogP contribution in [0.15, 0.2) is 65.7 Å². The molecule has 22 heavy (non-hydrogen) atoms. The Morgan fingerprint density at radius 1 is 0.955 bits per heavy atom. The van der Waals surface area contributed by atoms with Crippen molar-refractivity contribution in [2.75, 3.05) is 12.4 Å². The zero-order valence-corrected chi connectivity index (χ0v) is 13.6. The van der Waals surface area contributed by atoms with Gasteiger partial charge < -0.3 is 4.74 Å². The van der Waals surface area contributed by atoms with Crippen molar-refractivity contribution in [3.8, 4) is 5.75 Å². The number of fused-ring (bicyclic) bond motifs is 1. The lowest BCUT2D eigenvalue weighted by Gasteiger charge is -2.06. The number of nitrogens with zero attached hydrogens (tertiary/aromatic N) is 1. The lowest BCUT2D eigenvalue weighted by atomic mass is 10.2. The number of rotatable bonds is 6. The number of halogens is 1. The Morgan fingerprint density at radius 2 is 1.77 bits per heavy atom. The van der Waals surface area contributed by atoms with E-state index >= 15 is 0 Å². The van der Waals surface area contributed by atoms with Crippen LogP contribution in [-0.2, 0) is 0 Å². The van der Waals surface area contributed by atoms with E-state index in [9.17, 15) is 0 Å². The maximum Gasteiger partial charge on any atom is 0.119 e. The summed E-state index contributed by atoms with van der Waals surface area (Å²) in [6.45, 7) is 0.697. The molecule has 1 heterocycles. The number of thioether (sulfide) groups is 1. The van der Waals surface area contributed by atoms with E-state index in [0.29, 0.717) is 6.61 Å². The molecule has 2 nitrogen and oxygen atoms in total. The number of pyridine rings is 1. The van der Waals surface area contributed by atoms with E-state index < -0.39 is 0 Å². The van der Waals surface area contributed by atoms with Gasteiger partial charge in [-0.3, -0.25) is 0 Å². The Labute approximate surface area is 139 Å². The number of hydrogen-bond acceptors (Lipinski definition) is 3. The molecule has 0 fully saturated rings. The summed E-state index contributed by atoms with van der Waals surface area (Å²) in [7, 11) is 0. The van der Waals surface area contributed by atoms with Crippen molar-refractivity contribution >= 4 is 34.3 Å². The normalized spacial score (nSPS) is 10.8. The van der Waals surface area contributed by atoms with Crippen molar-refractivity contribution in [1.29, 1.82) is 0 Å². The van der Waals surface area contributed by atoms with E-state index in [4.69, 9.17) is 16.3 Å². The summed E-state index contributed by atoms with van der Waals surface area (Å²) >= 11 is 7.60. The number of aromatic nitrogens is 1. The lowest BCUT2D eigenvalue weighted by molar-refractivity contribution is 0.318. The summed E-state index contributed by atoms with van der Waals surface area (Å²) in [5.74, 6) is 1.84. The highest BCUT2D eigenvalue weighted by molar-refractivity contribution is 7.99. The zero-order chi connectivity index (χ0) is 15.2. The average Bonchev–Trinajstić information content (AvgIpc) is 2.56. The van der Waals surface area contributed by atoms with Crippen molar-refractivity contribution in [2.45, 2.75) is 11.4 Å². The molecule has 0 spiro atoms. The van der Waals surface area contributed by atoms with Gasteiger partial charge in [0.15, 0.2) is 0 Å². The quantitative estimate of drug-likeness (QED) is 0.443. The standard InChI is InChI=1S/C18H16ClNOS/c19-15-7-9-16(10-8-15)21-12-3-13-22-18-11-6-14-4-1-2-5-17(14)20-18/h1-2,4-11H,3,12-13H2. The molecule has 112 valence electrons. The predicted octanol–water partition coefficient (Wildman–Crippen LogP) is 5.45. The minimum atomic E-state index is 0.697. The van der Waals surface area contributed by atoms with Crippen LogP contribution in [0.5, 0.6) is 5.75 Å². The predicted molar refractivity (Wildman–Crippen MR) is 94.0 cm³/mol. The van der Waals surface area contributed by atoms with Crippen LogP contribution in [0.2, 0.25) is 5.02 Å². The first kappa shape index (κ1) is 15.2. The molecule has 0 amide bonds. The van der Waals surface area contributed by atoms with Crippen LogP contribution in [-0.4, -0.2) is 17.3 Å². The fourth-order valence-corrected chi connectivity index (χ4v) is 3.01. The summed E-state index contributed by atoms with van der Waals surface area (Å²) in [5, 5.41) is 2.97. The van der Waals surface area contributed by atoms with Crippen molar-refractivity contribution in [3.05, 3.63) is 65.7 Å². The summed E-state index contributed by atoms with van der Waals surface area (Å²) < 4.78 is 5.68. The molecule has 0 radical (unpaired) electrons. The summed E-state index contributed by atoms with van der Waals surface area (Å²) in [6, 6.07) is 19.8. The Hall–Kier alpha value is -1.71. The first-order chi connectivity index (χ1) is 10.8. The van der Waals surface area contributed by atoms with Crippen molar-refractivity contribution in [1.82, 2.24) is 4.98 Å². The van der Waals surface area contributed by atoms with Crippen LogP contribution < -0.4 is 4.74 Å². The van der Waals surface area contributed by atoms with Gasteiger partial charge in [-0.15, -0.1) is 11.8 Å². The van der Waals surface area contributed by atoms with Crippen LogP contribution >= 0.6 is 23.4 Å². The number of ether oxygens (including phenoxy) is 1. The van der Waals surface area contributed by atoms with Gasteiger partial charge in [0, 0.05) is 16.2 Å². The van der Waals surface area contributed by atoms with E-state index in [0.717, 1.165) is 33.5 Å². The molecule has 0 saturated carbocycles. The molecular weight excluding hydrogens is 314 g/mol. The van der Waals surface area contributed by atoms with Gasteiger partial charge in [-0.2, -0.15) is 0 Å². The first-order valence-electron chi connectivity index (χ1n) is 7.18. The third-order valence-corrected chi connectivity index (χ3v) is 4.46. The van der Waals surface area contributed by atoms with Crippen molar-refractivity contribution in [2.24, 2.45) is 0 Å². The lowest BCUT2D eigenvalue weighted by Crippen LogP contribution is -1.98. The van der Waals surface area contributed by atoms with E-state index in [1.54, 1.807) is 11.8 Å². The molecule has 0 unspecified atom stereocenters. The van der Waals surface area contributed by atoms with Crippen LogP contribution in [0.1, 0.15) is 6.42 Å². The molecule has 0 bridgehead atoms. The van der Waals surface area contributed by atoms with Crippen molar-refractivity contribution < 1.29 is 4.74 Å². The molecule has 1 aromatic heterocycles. The first-order valence-corrected chi connectivity index (χ1v) is 8.54. The molecule has 3 rings (SSSR count). The molecule has 0 atom stereocenters. The van der Waals surface area contributed by atoms with Crippen LogP contribution in [0, 0.1) is 0 Å². The van der Waals surface area contributed by atoms with Gasteiger partial charge in [0.2, 0.25) is 0 Å². The van der Waals surface area contributed by atoms with E-state index in [1.807, 2.05) is 42.5 Å². The molecule has 4 heteroatoms. The highest BCUT2D eigenvalue weighted by atomic mass is 35.5. The highest BCUT2D eigenvalue weighted by Gasteiger charge is 1.99. The van der Waals surface area contributed by atoms with Gasteiger partial charge in [0.05, 0.1) is 17.1 Å². The zero-order valence-electron chi connectivity index (χ0n) is 12.0. The Balaban J connectivity index is 1.45. The topological polar surface area (TPSA) is 22.1 Å². The number of hydrogen-bond donors (Lipinski definition) is 0. The van der Waals surface area contributed by atoms with Crippen molar-refractivity contribution in [3.63, 3.8) is 0 Å². The van der Waals surface area contributed by atoms with Crippen LogP contribution in [0.4, 0.5) is 0 Å². The van der Waals surface area contributed by atoms with E-state index in [2.05, 4.69) is 23.2 Å². The summed E-state index contributed by atoms with van der Waals surface area (Å²) in [4.78, 5) is 4.65. The molecule has 0 aliphatic heterocycles. The molecule has 0 N–H and O–H groups in total. The maximum atomic E-state index is 5.84. The third-order valence-electron chi connectivity index (χ3n) is 3.19. The largest absolute Gasteiger partial charge is 0.494 e. The molecule has 0 aliphatic carbocycles. The minimum Gasteiger partial charge on any atom is -0.494 e. The molecule has 0 saturated heterocycles. The maximum absolute atomic E-state index is 5.84. The molecule has 3 aromatic rings. The monoisotopic (exact) mass is 329 g/mol. The van der Waals surface area contributed by atoms with Crippen LogP contribution in [0.3, 0.4) is 0 Å². The van der Waals surface area contributed by atoms with E-state index in [1.165, 1.54) is 5.39 Å². The van der Waals surface area contributed by atoms with Gasteiger partial charge >= 0.3 is 0 Å². The smallest absolute Gasteiger partial charge is 0.119 e. The fraction of sp³-hybridized carbons (Fsp3) is 0.167. The number of para-hydroxylation sites is 1. The molecule has 0 aliphatic rings. The molecule has 2 aromatic carbocycles. The molecular formula is C18H16ClNOS. The second-order valence-electron chi connectivity index (χ2n) is 4.85. The van der Waals surface area contributed by atoms with Gasteiger partial charge in [-0.1, -0.05) is 35.9 Å². The van der Waals surface area contributed by atoms with Gasteiger partial charge in [0.1, 0.15) is 5.75 Å². The summed E-state index contributed by atoms with van der Waals surface area (Å²) in [5.41, 5.74) is 1.05. The summed E-state index contributed by atoms with van der Waals surface area (Å²) in [6.07, 6.45) is 0.974. The minimum absolute atomic E-state index is 0.697. The van der Waals surface area contributed by atoms with Gasteiger partial charge in [-0.05, 0) is 42.8 Å².